The topological polar surface area (TPSA) is 76.1 Å². The number of rotatable bonds is 8. The first kappa shape index (κ1) is 16.8. The van der Waals surface area contributed by atoms with E-state index in [-0.39, 0.29) is 16.7 Å². The summed E-state index contributed by atoms with van der Waals surface area (Å²) in [6.45, 7) is 0. The van der Waals surface area contributed by atoms with E-state index in [1.54, 1.807) is 36.7 Å². The largest absolute Gasteiger partial charge is 0.299 e. The number of pyridine rings is 1. The number of carbonyl (C=O) groups is 1. The second-order valence-corrected chi connectivity index (χ2v) is 7.83. The van der Waals surface area contributed by atoms with E-state index >= 15 is 0 Å². The van der Waals surface area contributed by atoms with Crippen molar-refractivity contribution in [1.82, 2.24) is 9.71 Å². The summed E-state index contributed by atoms with van der Waals surface area (Å²) in [5, 5.41) is 0. The monoisotopic (exact) mass is 344 g/mol. The first-order chi connectivity index (χ1) is 11.5. The van der Waals surface area contributed by atoms with Crippen molar-refractivity contribution in [2.45, 2.75) is 43.0 Å². The lowest BCUT2D eigenvalue weighted by Gasteiger charge is -2.07. The van der Waals surface area contributed by atoms with Crippen LogP contribution in [0.1, 0.15) is 30.4 Å². The molecule has 1 saturated carbocycles. The van der Waals surface area contributed by atoms with Gasteiger partial charge in [0.15, 0.2) is 0 Å². The van der Waals surface area contributed by atoms with Crippen molar-refractivity contribution in [3.63, 3.8) is 0 Å². The number of aryl methyl sites for hydroxylation is 1. The molecule has 1 N–H and O–H groups in total. The minimum absolute atomic E-state index is 0.0868. The second-order valence-electron chi connectivity index (χ2n) is 6.12. The fourth-order valence-electron chi connectivity index (χ4n) is 2.42. The molecule has 0 amide bonds. The number of hydrogen-bond acceptors (Lipinski definition) is 4. The molecule has 0 saturated heterocycles. The maximum absolute atomic E-state index is 12.1. The minimum Gasteiger partial charge on any atom is -0.299 e. The molecule has 1 aromatic carbocycles. The fourth-order valence-corrected chi connectivity index (χ4v) is 3.73. The zero-order valence-electron chi connectivity index (χ0n) is 13.3. The third-order valence-electron chi connectivity index (χ3n) is 3.95. The van der Waals surface area contributed by atoms with E-state index in [0.29, 0.717) is 19.3 Å². The Kier molecular flexibility index (Phi) is 5.06. The van der Waals surface area contributed by atoms with E-state index in [1.165, 1.54) is 0 Å². The van der Waals surface area contributed by atoms with Gasteiger partial charge in [-0.05, 0) is 48.6 Å². The molecule has 2 aromatic rings. The molecule has 1 aromatic heterocycles. The summed E-state index contributed by atoms with van der Waals surface area (Å²) in [5.74, 6) is 0.130. The normalized spacial score (nSPS) is 14.5. The van der Waals surface area contributed by atoms with Crippen molar-refractivity contribution in [3.8, 4) is 0 Å². The zero-order chi connectivity index (χ0) is 17.0. The molecule has 0 radical (unpaired) electrons. The van der Waals surface area contributed by atoms with Crippen LogP contribution in [0.4, 0.5) is 0 Å². The van der Waals surface area contributed by atoms with Gasteiger partial charge >= 0.3 is 0 Å². The summed E-state index contributed by atoms with van der Waals surface area (Å²) in [5.41, 5.74) is 1.87. The molecule has 0 spiro atoms. The summed E-state index contributed by atoms with van der Waals surface area (Å²) in [6.07, 6.45) is 6.72. The predicted molar refractivity (Wildman–Crippen MR) is 91.1 cm³/mol. The molecule has 3 rings (SSSR count). The first-order valence-corrected chi connectivity index (χ1v) is 9.53. The van der Waals surface area contributed by atoms with Crippen LogP contribution in [-0.2, 0) is 27.7 Å². The van der Waals surface area contributed by atoms with Gasteiger partial charge in [-0.3, -0.25) is 9.78 Å². The summed E-state index contributed by atoms with van der Waals surface area (Å²) in [6, 6.07) is 10.4. The maximum Gasteiger partial charge on any atom is 0.240 e. The quantitative estimate of drug-likeness (QED) is 0.797. The standard InChI is InChI=1S/C18H20N2O3S/c21-17(8-3-15-2-1-11-19-13-15)12-14-4-9-18(10-5-14)24(22,23)20-16-6-7-16/h1-2,4-5,9-11,13,16,20H,3,6-8,12H2. The molecule has 1 aliphatic rings. The third kappa shape index (κ3) is 4.72. The van der Waals surface area contributed by atoms with Gasteiger partial charge in [0.1, 0.15) is 5.78 Å². The molecule has 1 aliphatic carbocycles. The van der Waals surface area contributed by atoms with Gasteiger partial charge in [-0.15, -0.1) is 0 Å². The molecule has 1 fully saturated rings. The Balaban J connectivity index is 1.54. The number of aromatic nitrogens is 1. The molecule has 6 heteroatoms. The number of ketones is 1. The molecule has 0 aliphatic heterocycles. The summed E-state index contributed by atoms with van der Waals surface area (Å²) in [4.78, 5) is 16.4. The summed E-state index contributed by atoms with van der Waals surface area (Å²) >= 11 is 0. The number of nitrogens with one attached hydrogen (secondary N) is 1. The van der Waals surface area contributed by atoms with E-state index < -0.39 is 10.0 Å². The van der Waals surface area contributed by atoms with Crippen molar-refractivity contribution in [1.29, 1.82) is 0 Å². The van der Waals surface area contributed by atoms with Crippen LogP contribution in [0.25, 0.3) is 0 Å². The Hall–Kier alpha value is -2.05. The highest BCUT2D eigenvalue weighted by molar-refractivity contribution is 7.89. The van der Waals surface area contributed by atoms with Gasteiger partial charge in [0.2, 0.25) is 10.0 Å². The molecular formula is C18H20N2O3S. The van der Waals surface area contributed by atoms with Gasteiger partial charge in [-0.2, -0.15) is 0 Å². The highest BCUT2D eigenvalue weighted by atomic mass is 32.2. The third-order valence-corrected chi connectivity index (χ3v) is 5.49. The Morgan fingerprint density at radius 1 is 1.12 bits per heavy atom. The smallest absolute Gasteiger partial charge is 0.240 e. The number of sulfonamides is 1. The predicted octanol–water partition coefficient (Wildman–Crippen LogP) is 2.27. The molecule has 0 unspecified atom stereocenters. The molecule has 0 atom stereocenters. The lowest BCUT2D eigenvalue weighted by atomic mass is 10.0. The minimum atomic E-state index is -3.43. The molecule has 0 bridgehead atoms. The van der Waals surface area contributed by atoms with Gasteiger partial charge < -0.3 is 0 Å². The van der Waals surface area contributed by atoms with Gasteiger partial charge in [0, 0.05) is 31.3 Å². The van der Waals surface area contributed by atoms with Crippen LogP contribution in [0, 0.1) is 0 Å². The van der Waals surface area contributed by atoms with Crippen LogP contribution >= 0.6 is 0 Å². The highest BCUT2D eigenvalue weighted by Crippen LogP contribution is 2.22. The average molecular weight is 344 g/mol. The molecule has 126 valence electrons. The lowest BCUT2D eigenvalue weighted by molar-refractivity contribution is -0.118. The first-order valence-electron chi connectivity index (χ1n) is 8.05. The van der Waals surface area contributed by atoms with E-state index in [0.717, 1.165) is 24.0 Å². The molecular weight excluding hydrogens is 324 g/mol. The van der Waals surface area contributed by atoms with E-state index in [4.69, 9.17) is 0 Å². The average Bonchev–Trinajstić information content (AvgIpc) is 3.38. The van der Waals surface area contributed by atoms with Crippen molar-refractivity contribution in [3.05, 3.63) is 59.9 Å². The Morgan fingerprint density at radius 3 is 2.50 bits per heavy atom. The van der Waals surface area contributed by atoms with Gasteiger partial charge in [0.25, 0.3) is 0 Å². The van der Waals surface area contributed by atoms with Crippen LogP contribution in [0.15, 0.2) is 53.7 Å². The Labute approximate surface area is 142 Å². The fraction of sp³-hybridized carbons (Fsp3) is 0.333. The van der Waals surface area contributed by atoms with Gasteiger partial charge in [0.05, 0.1) is 4.90 Å². The summed E-state index contributed by atoms with van der Waals surface area (Å²) in [7, 11) is -3.43. The zero-order valence-corrected chi connectivity index (χ0v) is 14.1. The van der Waals surface area contributed by atoms with Crippen molar-refractivity contribution in [2.75, 3.05) is 0 Å². The van der Waals surface area contributed by atoms with Gasteiger partial charge in [-0.1, -0.05) is 18.2 Å². The van der Waals surface area contributed by atoms with E-state index in [1.807, 2.05) is 12.1 Å². The van der Waals surface area contributed by atoms with Gasteiger partial charge in [-0.25, -0.2) is 13.1 Å². The van der Waals surface area contributed by atoms with Crippen molar-refractivity contribution >= 4 is 15.8 Å². The van der Waals surface area contributed by atoms with Crippen molar-refractivity contribution < 1.29 is 13.2 Å². The maximum atomic E-state index is 12.1. The van der Waals surface area contributed by atoms with E-state index in [9.17, 15) is 13.2 Å². The number of nitrogens with zero attached hydrogens (tertiary/aromatic N) is 1. The number of carbonyl (C=O) groups excluding carboxylic acids is 1. The molecule has 5 nitrogen and oxygen atoms in total. The van der Waals surface area contributed by atoms with Crippen molar-refractivity contribution in [2.24, 2.45) is 0 Å². The number of hydrogen-bond donors (Lipinski definition) is 1. The number of benzene rings is 1. The SMILES string of the molecule is O=C(CCc1cccnc1)Cc1ccc(S(=O)(=O)NC2CC2)cc1. The van der Waals surface area contributed by atoms with Crippen LogP contribution < -0.4 is 4.72 Å². The van der Waals surface area contributed by atoms with E-state index in [2.05, 4.69) is 9.71 Å². The lowest BCUT2D eigenvalue weighted by Crippen LogP contribution is -2.25. The molecule has 1 heterocycles. The Morgan fingerprint density at radius 2 is 1.88 bits per heavy atom. The van der Waals surface area contributed by atoms with Crippen LogP contribution in [-0.4, -0.2) is 25.2 Å². The number of Topliss-reactive ketones (excluding diaryl/α,β-unsaturated/α-hetero) is 1. The highest BCUT2D eigenvalue weighted by Gasteiger charge is 2.27. The Bertz CT molecular complexity index is 798. The summed E-state index contributed by atoms with van der Waals surface area (Å²) < 4.78 is 26.8. The molecule has 24 heavy (non-hydrogen) atoms. The van der Waals surface area contributed by atoms with Crippen LogP contribution in [0.3, 0.4) is 0 Å². The van der Waals surface area contributed by atoms with Crippen LogP contribution in [0.5, 0.6) is 0 Å². The van der Waals surface area contributed by atoms with Crippen LogP contribution in [0.2, 0.25) is 0 Å². The second kappa shape index (κ2) is 7.23.